The normalized spacial score (nSPS) is 20.6. The molecule has 3 rings (SSSR count). The van der Waals surface area contributed by atoms with Crippen LogP contribution >= 0.6 is 11.3 Å². The molecule has 0 aliphatic carbocycles. The summed E-state index contributed by atoms with van der Waals surface area (Å²) in [5.41, 5.74) is 0.943. The van der Waals surface area contributed by atoms with E-state index in [1.807, 2.05) is 23.6 Å². The van der Waals surface area contributed by atoms with Crippen LogP contribution in [0.5, 0.6) is 0 Å². The van der Waals surface area contributed by atoms with E-state index in [4.69, 9.17) is 4.84 Å². The van der Waals surface area contributed by atoms with Gasteiger partial charge in [0.15, 0.2) is 6.61 Å². The fraction of sp³-hybridized carbons (Fsp3) is 0.182. The zero-order valence-electron chi connectivity index (χ0n) is 8.38. The molecule has 0 N–H and O–H groups in total. The van der Waals surface area contributed by atoms with Crippen LogP contribution in [0.1, 0.15) is 5.56 Å². The summed E-state index contributed by atoms with van der Waals surface area (Å²) < 4.78 is 13.0. The van der Waals surface area contributed by atoms with E-state index in [2.05, 4.69) is 11.2 Å². The Bertz CT molecular complexity index is 550. The molecule has 0 amide bonds. The van der Waals surface area contributed by atoms with Crippen molar-refractivity contribution in [2.24, 2.45) is 5.16 Å². The van der Waals surface area contributed by atoms with Gasteiger partial charge in [-0.1, -0.05) is 18.2 Å². The average molecular weight is 251 g/mol. The number of rotatable bonds is 1. The van der Waals surface area contributed by atoms with Gasteiger partial charge in [-0.05, 0) is 11.2 Å². The van der Waals surface area contributed by atoms with Crippen LogP contribution in [-0.4, -0.2) is 22.0 Å². The average Bonchev–Trinajstić information content (AvgIpc) is 2.74. The quantitative estimate of drug-likeness (QED) is 0.730. The maximum absolute atomic E-state index is 11.8. The van der Waals surface area contributed by atoms with Crippen molar-refractivity contribution in [1.82, 2.24) is 0 Å². The first-order valence-electron chi connectivity index (χ1n) is 4.91. The van der Waals surface area contributed by atoms with Crippen molar-refractivity contribution in [3.63, 3.8) is 0 Å². The largest absolute Gasteiger partial charge is 0.610 e. The van der Waals surface area contributed by atoms with Crippen molar-refractivity contribution in [2.75, 3.05) is 12.4 Å². The third kappa shape index (κ3) is 1.61. The van der Waals surface area contributed by atoms with Crippen molar-refractivity contribution in [3.05, 3.63) is 35.2 Å². The Hall–Kier alpha value is -1.04. The van der Waals surface area contributed by atoms with Gasteiger partial charge in [-0.2, -0.15) is 0 Å². The van der Waals surface area contributed by atoms with Gasteiger partial charge in [-0.15, -0.1) is 11.3 Å². The molecule has 1 aliphatic rings. The number of hydrogen-bond donors (Lipinski definition) is 0. The monoisotopic (exact) mass is 251 g/mol. The first-order chi connectivity index (χ1) is 7.86. The highest BCUT2D eigenvalue weighted by atomic mass is 32.2. The Kier molecular flexibility index (Phi) is 2.59. The summed E-state index contributed by atoms with van der Waals surface area (Å²) in [5.74, 6) is 0.531. The lowest BCUT2D eigenvalue weighted by Crippen LogP contribution is -2.26. The number of thiophene rings is 1. The molecule has 0 spiro atoms. The minimum Gasteiger partial charge on any atom is -0.610 e. The van der Waals surface area contributed by atoms with Gasteiger partial charge in [-0.25, -0.2) is 0 Å². The number of fused-ring (bicyclic) bond motifs is 1. The summed E-state index contributed by atoms with van der Waals surface area (Å²) in [6.45, 7) is 0.443. The minimum atomic E-state index is -1.03. The zero-order chi connectivity index (χ0) is 11.0. The Balaban J connectivity index is 2.15. The molecule has 1 aromatic carbocycles. The molecule has 16 heavy (non-hydrogen) atoms. The van der Waals surface area contributed by atoms with Gasteiger partial charge in [0.1, 0.15) is 5.75 Å². The van der Waals surface area contributed by atoms with Crippen LogP contribution in [0.2, 0.25) is 0 Å². The SMILES string of the molecule is [O-][S+]1CCON=C1c1csc2ccccc12. The molecular weight excluding hydrogens is 242 g/mol. The molecule has 0 radical (unpaired) electrons. The minimum absolute atomic E-state index is 0.443. The Morgan fingerprint density at radius 3 is 3.12 bits per heavy atom. The molecule has 2 heterocycles. The van der Waals surface area contributed by atoms with Crippen LogP contribution in [0.3, 0.4) is 0 Å². The molecule has 2 aromatic rings. The number of benzene rings is 1. The molecule has 5 heteroatoms. The number of hydrogen-bond acceptors (Lipinski definition) is 4. The van der Waals surface area contributed by atoms with E-state index in [9.17, 15) is 4.55 Å². The summed E-state index contributed by atoms with van der Waals surface area (Å²) in [7, 11) is 0. The van der Waals surface area contributed by atoms with Crippen molar-refractivity contribution in [3.8, 4) is 0 Å². The second-order valence-corrected chi connectivity index (χ2v) is 5.82. The molecule has 1 aromatic heterocycles. The highest BCUT2D eigenvalue weighted by Crippen LogP contribution is 2.28. The van der Waals surface area contributed by atoms with Gasteiger partial charge in [0.25, 0.3) is 5.04 Å². The first-order valence-corrected chi connectivity index (χ1v) is 7.11. The summed E-state index contributed by atoms with van der Waals surface area (Å²) in [4.78, 5) is 5.02. The first kappa shape index (κ1) is 10.1. The van der Waals surface area contributed by atoms with E-state index in [0.717, 1.165) is 10.9 Å². The standard InChI is InChI=1S/C11H9NO2S2/c13-16-6-5-14-12-11(16)9-7-15-10-4-2-1-3-8(9)10/h1-4,7H,5-6H2. The Morgan fingerprint density at radius 1 is 1.38 bits per heavy atom. The van der Waals surface area contributed by atoms with Gasteiger partial charge < -0.3 is 9.39 Å². The van der Waals surface area contributed by atoms with Crippen molar-refractivity contribution >= 4 is 37.6 Å². The molecule has 0 saturated heterocycles. The maximum atomic E-state index is 11.8. The Labute approximate surface area is 99.9 Å². The second-order valence-electron chi connectivity index (χ2n) is 3.42. The summed E-state index contributed by atoms with van der Waals surface area (Å²) in [5, 5.41) is 7.60. The highest BCUT2D eigenvalue weighted by Gasteiger charge is 2.26. The van der Waals surface area contributed by atoms with Gasteiger partial charge in [0, 0.05) is 26.6 Å². The van der Waals surface area contributed by atoms with Crippen molar-refractivity contribution in [2.45, 2.75) is 0 Å². The topological polar surface area (TPSA) is 44.6 Å². The highest BCUT2D eigenvalue weighted by molar-refractivity contribution is 8.07. The molecule has 1 unspecified atom stereocenters. The smallest absolute Gasteiger partial charge is 0.287 e. The van der Waals surface area contributed by atoms with Crippen LogP contribution in [0.25, 0.3) is 10.1 Å². The van der Waals surface area contributed by atoms with E-state index in [1.165, 1.54) is 4.70 Å². The summed E-state index contributed by atoms with van der Waals surface area (Å²) in [6.07, 6.45) is 0. The fourth-order valence-electron chi connectivity index (χ4n) is 1.67. The predicted octanol–water partition coefficient (Wildman–Crippen LogP) is 2.34. The molecule has 0 bridgehead atoms. The van der Waals surface area contributed by atoms with E-state index >= 15 is 0 Å². The Morgan fingerprint density at radius 2 is 2.25 bits per heavy atom. The van der Waals surface area contributed by atoms with E-state index < -0.39 is 11.2 Å². The molecule has 0 saturated carbocycles. The third-order valence-corrected chi connectivity index (χ3v) is 4.66. The van der Waals surface area contributed by atoms with Crippen molar-refractivity contribution in [1.29, 1.82) is 0 Å². The molecular formula is C11H9NO2S2. The van der Waals surface area contributed by atoms with Crippen LogP contribution in [0, 0.1) is 0 Å². The van der Waals surface area contributed by atoms with Crippen molar-refractivity contribution < 1.29 is 9.39 Å². The van der Waals surface area contributed by atoms with Crippen LogP contribution in [-0.2, 0) is 16.0 Å². The summed E-state index contributed by atoms with van der Waals surface area (Å²) in [6, 6.07) is 8.05. The van der Waals surface area contributed by atoms with E-state index in [0.29, 0.717) is 17.4 Å². The second kappa shape index (κ2) is 4.08. The maximum Gasteiger partial charge on any atom is 0.287 e. The molecule has 1 aliphatic heterocycles. The molecule has 1 atom stereocenters. The van der Waals surface area contributed by atoms with Crippen LogP contribution in [0.15, 0.2) is 34.8 Å². The third-order valence-electron chi connectivity index (χ3n) is 2.43. The predicted molar refractivity (Wildman–Crippen MR) is 67.3 cm³/mol. The lowest BCUT2D eigenvalue weighted by molar-refractivity contribution is 0.158. The number of nitrogens with zero attached hydrogens (tertiary/aromatic N) is 1. The molecule has 82 valence electrons. The lowest BCUT2D eigenvalue weighted by atomic mass is 10.2. The molecule has 0 fully saturated rings. The van der Waals surface area contributed by atoms with Gasteiger partial charge >= 0.3 is 0 Å². The zero-order valence-corrected chi connectivity index (χ0v) is 10.0. The van der Waals surface area contributed by atoms with Crippen LogP contribution in [0.4, 0.5) is 0 Å². The fourth-order valence-corrected chi connectivity index (χ4v) is 3.66. The van der Waals surface area contributed by atoms with Crippen LogP contribution < -0.4 is 0 Å². The van der Waals surface area contributed by atoms with Gasteiger partial charge in [0.05, 0.1) is 5.56 Å². The molecule has 3 nitrogen and oxygen atoms in total. The van der Waals surface area contributed by atoms with Gasteiger partial charge in [-0.3, -0.25) is 0 Å². The van der Waals surface area contributed by atoms with E-state index in [1.54, 1.807) is 11.3 Å². The number of oxime groups is 1. The summed E-state index contributed by atoms with van der Waals surface area (Å²) >= 11 is 0.607. The van der Waals surface area contributed by atoms with Gasteiger partial charge in [0.2, 0.25) is 0 Å². The lowest BCUT2D eigenvalue weighted by Gasteiger charge is -2.15. The van der Waals surface area contributed by atoms with E-state index in [-0.39, 0.29) is 0 Å².